The number of nitrogens with one attached hydrogen (secondary N) is 1. The molecule has 4 rings (SSSR count). The van der Waals surface area contributed by atoms with E-state index in [4.69, 9.17) is 11.6 Å². The van der Waals surface area contributed by atoms with Crippen molar-refractivity contribution in [1.82, 2.24) is 15.1 Å². The molecule has 2 saturated heterocycles. The van der Waals surface area contributed by atoms with Gasteiger partial charge in [-0.15, -0.1) is 0 Å². The maximum Gasteiger partial charge on any atom is 0.408 e. The lowest BCUT2D eigenvalue weighted by atomic mass is 9.71. The van der Waals surface area contributed by atoms with Gasteiger partial charge in [0.15, 0.2) is 5.78 Å². The second-order valence-electron chi connectivity index (χ2n) is 9.61. The molecule has 0 radical (unpaired) electrons. The zero-order valence-electron chi connectivity index (χ0n) is 19.1. The van der Waals surface area contributed by atoms with Crippen LogP contribution in [0.1, 0.15) is 44.1 Å². The van der Waals surface area contributed by atoms with Gasteiger partial charge in [0, 0.05) is 68.3 Å². The van der Waals surface area contributed by atoms with E-state index < -0.39 is 42.2 Å². The van der Waals surface area contributed by atoms with Crippen molar-refractivity contribution in [1.29, 1.82) is 0 Å². The zero-order valence-corrected chi connectivity index (χ0v) is 19.9. The normalized spacial score (nSPS) is 27.3. The number of halogens is 3. The van der Waals surface area contributed by atoms with Crippen LogP contribution in [0, 0.1) is 11.8 Å². The highest BCUT2D eigenvalue weighted by atomic mass is 35.5. The molecule has 2 atom stereocenters. The summed E-state index contributed by atoms with van der Waals surface area (Å²) in [5.74, 6) is -4.63. The second kappa shape index (κ2) is 9.41. The van der Waals surface area contributed by atoms with Crippen LogP contribution >= 0.6 is 11.6 Å². The van der Waals surface area contributed by atoms with Crippen LogP contribution in [0.25, 0.3) is 0 Å². The average molecular weight is 498 g/mol. The Morgan fingerprint density at radius 1 is 1.15 bits per heavy atom. The van der Waals surface area contributed by atoms with Crippen molar-refractivity contribution in [2.45, 2.75) is 50.0 Å². The minimum Gasteiger partial charge on any atom is -0.465 e. The van der Waals surface area contributed by atoms with Gasteiger partial charge in [-0.1, -0.05) is 23.7 Å². The Kier molecular flexibility index (Phi) is 6.88. The number of carbonyl (C=O) groups excluding carboxylic acids is 2. The summed E-state index contributed by atoms with van der Waals surface area (Å²) in [6.45, 7) is 3.15. The van der Waals surface area contributed by atoms with Gasteiger partial charge in [-0.3, -0.25) is 14.5 Å². The molecule has 7 nitrogen and oxygen atoms in total. The molecular weight excluding hydrogens is 468 g/mol. The molecule has 1 saturated carbocycles. The van der Waals surface area contributed by atoms with E-state index in [1.807, 2.05) is 12.1 Å². The van der Waals surface area contributed by atoms with Gasteiger partial charge in [0.25, 0.3) is 0 Å². The van der Waals surface area contributed by atoms with Crippen molar-refractivity contribution in [3.63, 3.8) is 0 Å². The number of amides is 2. The summed E-state index contributed by atoms with van der Waals surface area (Å²) in [4.78, 5) is 41.7. The van der Waals surface area contributed by atoms with Crippen molar-refractivity contribution >= 4 is 29.4 Å². The lowest BCUT2D eigenvalue weighted by molar-refractivity contribution is -0.161. The van der Waals surface area contributed by atoms with Gasteiger partial charge >= 0.3 is 6.09 Å². The Morgan fingerprint density at radius 2 is 1.76 bits per heavy atom. The summed E-state index contributed by atoms with van der Waals surface area (Å²) in [7, 11) is 0. The summed E-state index contributed by atoms with van der Waals surface area (Å²) >= 11 is 6.04. The molecule has 186 valence electrons. The number of ketones is 1. The zero-order chi connectivity index (χ0) is 24.7. The molecule has 0 bridgehead atoms. The third kappa shape index (κ3) is 4.40. The quantitative estimate of drug-likeness (QED) is 0.626. The number of hydrogen-bond acceptors (Lipinski definition) is 4. The van der Waals surface area contributed by atoms with Crippen LogP contribution in [0.5, 0.6) is 0 Å². The summed E-state index contributed by atoms with van der Waals surface area (Å²) < 4.78 is 26.4. The number of nitrogens with zero attached hydrogens (tertiary/aromatic N) is 2. The van der Waals surface area contributed by atoms with E-state index in [1.165, 1.54) is 4.90 Å². The number of carboxylic acid groups (broad SMARTS) is 1. The Hall–Kier alpha value is -2.26. The van der Waals surface area contributed by atoms with Crippen LogP contribution in [0.2, 0.25) is 5.02 Å². The van der Waals surface area contributed by atoms with Gasteiger partial charge in [0.1, 0.15) is 5.54 Å². The van der Waals surface area contributed by atoms with Crippen LogP contribution in [-0.2, 0) is 9.59 Å². The van der Waals surface area contributed by atoms with E-state index in [9.17, 15) is 28.3 Å². The van der Waals surface area contributed by atoms with Crippen molar-refractivity contribution < 1.29 is 28.3 Å². The highest BCUT2D eigenvalue weighted by Crippen LogP contribution is 2.44. The molecule has 2 amide bonds. The molecule has 1 aromatic rings. The number of likely N-dealkylation sites (N-methyl/N-ethyl adjacent to an activating group) is 1. The Balaban J connectivity index is 1.54. The monoisotopic (exact) mass is 497 g/mol. The van der Waals surface area contributed by atoms with E-state index in [0.29, 0.717) is 37.5 Å². The summed E-state index contributed by atoms with van der Waals surface area (Å²) in [5, 5.41) is 13.8. The maximum absolute atomic E-state index is 14.1. The fourth-order valence-corrected chi connectivity index (χ4v) is 5.99. The first kappa shape index (κ1) is 24.9. The average Bonchev–Trinajstić information content (AvgIpc) is 3.22. The highest BCUT2D eigenvalue weighted by Gasteiger charge is 2.57. The second-order valence-corrected chi connectivity index (χ2v) is 10.0. The van der Waals surface area contributed by atoms with E-state index in [-0.39, 0.29) is 30.7 Å². The number of rotatable bonds is 6. The van der Waals surface area contributed by atoms with Crippen LogP contribution in [0.3, 0.4) is 0 Å². The van der Waals surface area contributed by atoms with Crippen molar-refractivity contribution in [3.05, 3.63) is 34.9 Å². The Bertz CT molecular complexity index is 944. The number of Topliss-reactive ketones (excluding diaryl/α,β-unsaturated/α-hetero) is 1. The van der Waals surface area contributed by atoms with E-state index in [0.717, 1.165) is 5.56 Å². The lowest BCUT2D eigenvalue weighted by Crippen LogP contribution is -2.63. The van der Waals surface area contributed by atoms with Gasteiger partial charge in [-0.05, 0) is 37.5 Å². The topological polar surface area (TPSA) is 90.0 Å². The third-order valence-corrected chi connectivity index (χ3v) is 7.92. The summed E-state index contributed by atoms with van der Waals surface area (Å²) in [6.07, 6.45) is -1.20. The fourth-order valence-electron chi connectivity index (χ4n) is 5.86. The molecule has 0 spiro atoms. The number of likely N-dealkylation sites (tertiary alicyclic amines) is 1. The molecule has 1 aromatic carbocycles. The predicted octanol–water partition coefficient (Wildman–Crippen LogP) is 3.62. The molecule has 3 aliphatic rings. The third-order valence-electron chi connectivity index (χ3n) is 7.66. The molecule has 1 aliphatic carbocycles. The SMILES string of the molecule is CCN(C(=O)O)[C@]1(C(=O)C2CCN(C(=O)C3CC(F)(F)C3)CC2)CNC[C@H]1c1ccc(Cl)cc1. The molecule has 3 fully saturated rings. The molecule has 0 unspecified atom stereocenters. The smallest absolute Gasteiger partial charge is 0.408 e. The molecule has 34 heavy (non-hydrogen) atoms. The number of alkyl halides is 2. The first-order valence-electron chi connectivity index (χ1n) is 11.8. The van der Waals surface area contributed by atoms with E-state index >= 15 is 0 Å². The maximum atomic E-state index is 14.1. The summed E-state index contributed by atoms with van der Waals surface area (Å²) in [6, 6.07) is 7.12. The molecule has 2 heterocycles. The minimum absolute atomic E-state index is 0.149. The van der Waals surface area contributed by atoms with Crippen LogP contribution in [0.15, 0.2) is 24.3 Å². The van der Waals surface area contributed by atoms with Crippen LogP contribution in [0.4, 0.5) is 13.6 Å². The first-order valence-corrected chi connectivity index (χ1v) is 12.1. The number of carbonyl (C=O) groups is 3. The standard InChI is InChI=1S/C24H30ClF2N3O4/c1-2-30(22(33)34)24(14-28-13-19(24)15-3-5-18(25)6-4-15)20(31)16-7-9-29(10-8-16)21(32)17-11-23(26,27)12-17/h3-6,16-17,19,28H,2,7-14H2,1H3,(H,33,34)/t19-,24+/m0/s1. The van der Waals surface area contributed by atoms with Crippen molar-refractivity contribution in [2.75, 3.05) is 32.7 Å². The minimum atomic E-state index is -2.76. The van der Waals surface area contributed by atoms with E-state index in [1.54, 1.807) is 24.0 Å². The van der Waals surface area contributed by atoms with Crippen molar-refractivity contribution in [3.8, 4) is 0 Å². The predicted molar refractivity (Wildman–Crippen MR) is 122 cm³/mol. The summed E-state index contributed by atoms with van der Waals surface area (Å²) in [5.41, 5.74) is -0.442. The molecule has 0 aromatic heterocycles. The van der Waals surface area contributed by atoms with Gasteiger partial charge in [0.05, 0.1) is 0 Å². The highest BCUT2D eigenvalue weighted by molar-refractivity contribution is 6.30. The van der Waals surface area contributed by atoms with Gasteiger partial charge in [-0.25, -0.2) is 13.6 Å². The number of piperidine rings is 1. The molecule has 10 heteroatoms. The number of hydrogen-bond donors (Lipinski definition) is 2. The van der Waals surface area contributed by atoms with Crippen LogP contribution in [-0.4, -0.2) is 76.9 Å². The van der Waals surface area contributed by atoms with E-state index in [2.05, 4.69) is 5.32 Å². The van der Waals surface area contributed by atoms with Crippen LogP contribution < -0.4 is 5.32 Å². The Morgan fingerprint density at radius 3 is 2.29 bits per heavy atom. The number of benzene rings is 1. The fraction of sp³-hybridized carbons (Fsp3) is 0.625. The largest absolute Gasteiger partial charge is 0.465 e. The molecule has 2 N–H and O–H groups in total. The molecule has 2 aliphatic heterocycles. The lowest BCUT2D eigenvalue weighted by Gasteiger charge is -2.45. The van der Waals surface area contributed by atoms with Gasteiger partial charge in [0.2, 0.25) is 11.8 Å². The molecular formula is C24H30ClF2N3O4. The van der Waals surface area contributed by atoms with Gasteiger partial charge < -0.3 is 15.3 Å². The van der Waals surface area contributed by atoms with Crippen molar-refractivity contribution in [2.24, 2.45) is 11.8 Å². The van der Waals surface area contributed by atoms with Gasteiger partial charge in [-0.2, -0.15) is 0 Å². The first-order chi connectivity index (χ1) is 16.1. The Labute approximate surface area is 202 Å².